The Morgan fingerprint density at radius 3 is 2.67 bits per heavy atom. The first-order chi connectivity index (χ1) is 7.15. The average molecular weight is 212 g/mol. The van der Waals surface area contributed by atoms with E-state index in [1.54, 1.807) is 0 Å². The van der Waals surface area contributed by atoms with E-state index < -0.39 is 0 Å². The summed E-state index contributed by atoms with van der Waals surface area (Å²) in [5.74, 6) is -0.427. The van der Waals surface area contributed by atoms with E-state index in [2.05, 4.69) is 10.6 Å². The molecule has 0 radical (unpaired) electrons. The van der Waals surface area contributed by atoms with E-state index >= 15 is 0 Å². The lowest BCUT2D eigenvalue weighted by Crippen LogP contribution is -2.39. The Labute approximate surface area is 88.2 Å². The SMILES string of the molecule is O=C1CC(NCC2(CCO)CC2)C(=O)N1. The zero-order valence-electron chi connectivity index (χ0n) is 8.58. The maximum absolute atomic E-state index is 11.2. The molecule has 1 saturated carbocycles. The Bertz CT molecular complexity index is 286. The van der Waals surface area contributed by atoms with E-state index in [1.807, 2.05) is 0 Å². The normalized spacial score (nSPS) is 27.9. The van der Waals surface area contributed by atoms with Gasteiger partial charge in [-0.2, -0.15) is 0 Å². The molecule has 2 fully saturated rings. The zero-order valence-corrected chi connectivity index (χ0v) is 8.58. The number of imide groups is 1. The van der Waals surface area contributed by atoms with E-state index in [9.17, 15) is 9.59 Å². The molecule has 1 atom stereocenters. The van der Waals surface area contributed by atoms with Gasteiger partial charge in [-0.1, -0.05) is 0 Å². The Kier molecular flexibility index (Phi) is 2.75. The number of aliphatic hydroxyl groups is 1. The van der Waals surface area contributed by atoms with E-state index in [0.717, 1.165) is 25.8 Å². The van der Waals surface area contributed by atoms with Crippen molar-refractivity contribution in [2.75, 3.05) is 13.2 Å². The molecule has 15 heavy (non-hydrogen) atoms. The Morgan fingerprint density at radius 1 is 1.47 bits per heavy atom. The number of hydrogen-bond donors (Lipinski definition) is 3. The van der Waals surface area contributed by atoms with Crippen LogP contribution in [0.5, 0.6) is 0 Å². The van der Waals surface area contributed by atoms with E-state index in [0.29, 0.717) is 0 Å². The van der Waals surface area contributed by atoms with Crippen molar-refractivity contribution < 1.29 is 14.7 Å². The minimum absolute atomic E-state index is 0.181. The molecule has 1 heterocycles. The standard InChI is InChI=1S/C10H16N2O3/c13-4-3-10(1-2-10)6-11-7-5-8(14)12-9(7)15/h7,11,13H,1-6H2,(H,12,14,15). The zero-order chi connectivity index (χ0) is 10.9. The summed E-state index contributed by atoms with van der Waals surface area (Å²) in [4.78, 5) is 22.2. The lowest BCUT2D eigenvalue weighted by atomic mass is 10.0. The molecule has 0 spiro atoms. The summed E-state index contributed by atoms with van der Waals surface area (Å²) in [5, 5.41) is 14.2. The van der Waals surface area contributed by atoms with Gasteiger partial charge in [0.1, 0.15) is 0 Å². The fraction of sp³-hybridized carbons (Fsp3) is 0.800. The maximum Gasteiger partial charge on any atom is 0.244 e. The molecule has 5 heteroatoms. The van der Waals surface area contributed by atoms with Crippen LogP contribution in [0.3, 0.4) is 0 Å². The number of amides is 2. The van der Waals surface area contributed by atoms with Crippen LogP contribution in [0.25, 0.3) is 0 Å². The molecule has 3 N–H and O–H groups in total. The second-order valence-corrected chi connectivity index (χ2v) is 4.52. The molecule has 2 amide bonds. The largest absolute Gasteiger partial charge is 0.396 e. The topological polar surface area (TPSA) is 78.4 Å². The highest BCUT2D eigenvalue weighted by Crippen LogP contribution is 2.48. The van der Waals surface area contributed by atoms with Gasteiger partial charge in [0, 0.05) is 13.2 Å². The van der Waals surface area contributed by atoms with Crippen LogP contribution in [0.4, 0.5) is 0 Å². The number of carbonyl (C=O) groups excluding carboxylic acids is 2. The summed E-state index contributed by atoms with van der Waals surface area (Å²) in [5.41, 5.74) is 0.181. The molecule has 84 valence electrons. The summed E-state index contributed by atoms with van der Waals surface area (Å²) < 4.78 is 0. The summed E-state index contributed by atoms with van der Waals surface area (Å²) in [6, 6.07) is -0.367. The highest BCUT2D eigenvalue weighted by Gasteiger charge is 2.43. The van der Waals surface area contributed by atoms with Crippen LogP contribution in [0.2, 0.25) is 0 Å². The predicted molar refractivity (Wildman–Crippen MR) is 52.9 cm³/mol. The number of aliphatic hydroxyl groups excluding tert-OH is 1. The molecule has 0 aromatic carbocycles. The van der Waals surface area contributed by atoms with Crippen molar-refractivity contribution in [3.63, 3.8) is 0 Å². The Hall–Kier alpha value is -0.940. The molecule has 1 aliphatic heterocycles. The van der Waals surface area contributed by atoms with Gasteiger partial charge in [-0.25, -0.2) is 0 Å². The predicted octanol–water partition coefficient (Wildman–Crippen LogP) is -0.846. The van der Waals surface area contributed by atoms with Gasteiger partial charge in [0.05, 0.1) is 12.5 Å². The second kappa shape index (κ2) is 3.90. The van der Waals surface area contributed by atoms with Crippen LogP contribution in [0.1, 0.15) is 25.7 Å². The van der Waals surface area contributed by atoms with Crippen molar-refractivity contribution in [1.29, 1.82) is 0 Å². The first-order valence-corrected chi connectivity index (χ1v) is 5.33. The molecule has 1 aliphatic carbocycles. The summed E-state index contributed by atoms with van der Waals surface area (Å²) in [6.07, 6.45) is 3.22. The quantitative estimate of drug-likeness (QED) is 0.519. The van der Waals surface area contributed by atoms with Crippen molar-refractivity contribution in [2.45, 2.75) is 31.7 Å². The number of nitrogens with one attached hydrogen (secondary N) is 2. The van der Waals surface area contributed by atoms with Gasteiger partial charge in [0.2, 0.25) is 11.8 Å². The van der Waals surface area contributed by atoms with Gasteiger partial charge < -0.3 is 10.4 Å². The van der Waals surface area contributed by atoms with Crippen molar-refractivity contribution in [2.24, 2.45) is 5.41 Å². The van der Waals surface area contributed by atoms with Crippen LogP contribution < -0.4 is 10.6 Å². The molecule has 0 aromatic rings. The van der Waals surface area contributed by atoms with Crippen molar-refractivity contribution in [1.82, 2.24) is 10.6 Å². The lowest BCUT2D eigenvalue weighted by Gasteiger charge is -2.16. The van der Waals surface area contributed by atoms with E-state index in [-0.39, 0.29) is 36.3 Å². The highest BCUT2D eigenvalue weighted by molar-refractivity contribution is 6.05. The van der Waals surface area contributed by atoms with Crippen LogP contribution >= 0.6 is 0 Å². The van der Waals surface area contributed by atoms with Gasteiger partial charge in [0.15, 0.2) is 0 Å². The minimum Gasteiger partial charge on any atom is -0.396 e. The minimum atomic E-state index is -0.367. The molecule has 1 unspecified atom stereocenters. The van der Waals surface area contributed by atoms with Crippen molar-refractivity contribution in [3.8, 4) is 0 Å². The van der Waals surface area contributed by atoms with Crippen LogP contribution in [0.15, 0.2) is 0 Å². The van der Waals surface area contributed by atoms with Crippen LogP contribution in [0, 0.1) is 5.41 Å². The molecule has 2 rings (SSSR count). The summed E-state index contributed by atoms with van der Waals surface area (Å²) in [6.45, 7) is 0.913. The fourth-order valence-corrected chi connectivity index (χ4v) is 1.99. The van der Waals surface area contributed by atoms with Gasteiger partial charge in [-0.3, -0.25) is 14.9 Å². The van der Waals surface area contributed by atoms with E-state index in [1.165, 1.54) is 0 Å². The molecule has 1 saturated heterocycles. The number of carbonyl (C=O) groups is 2. The third-order valence-electron chi connectivity index (χ3n) is 3.29. The number of hydrogen-bond acceptors (Lipinski definition) is 4. The van der Waals surface area contributed by atoms with Gasteiger partial charge in [-0.15, -0.1) is 0 Å². The number of rotatable bonds is 5. The summed E-state index contributed by atoms with van der Waals surface area (Å²) >= 11 is 0. The Morgan fingerprint density at radius 2 is 2.20 bits per heavy atom. The summed E-state index contributed by atoms with van der Waals surface area (Å²) in [7, 11) is 0. The first-order valence-electron chi connectivity index (χ1n) is 5.33. The van der Waals surface area contributed by atoms with Crippen molar-refractivity contribution >= 4 is 11.8 Å². The van der Waals surface area contributed by atoms with Gasteiger partial charge in [-0.05, 0) is 24.7 Å². The molecule has 2 aliphatic rings. The first kappa shape index (κ1) is 10.6. The molecular weight excluding hydrogens is 196 g/mol. The molecular formula is C10H16N2O3. The maximum atomic E-state index is 11.2. The Balaban J connectivity index is 1.78. The lowest BCUT2D eigenvalue weighted by molar-refractivity contribution is -0.125. The van der Waals surface area contributed by atoms with Gasteiger partial charge >= 0.3 is 0 Å². The van der Waals surface area contributed by atoms with E-state index in [4.69, 9.17) is 5.11 Å². The van der Waals surface area contributed by atoms with Crippen molar-refractivity contribution in [3.05, 3.63) is 0 Å². The van der Waals surface area contributed by atoms with Gasteiger partial charge in [0.25, 0.3) is 0 Å². The molecule has 5 nitrogen and oxygen atoms in total. The molecule has 0 bridgehead atoms. The third kappa shape index (κ3) is 2.35. The third-order valence-corrected chi connectivity index (χ3v) is 3.29. The van der Waals surface area contributed by atoms with Crippen LogP contribution in [-0.4, -0.2) is 36.1 Å². The fourth-order valence-electron chi connectivity index (χ4n) is 1.99. The smallest absolute Gasteiger partial charge is 0.244 e. The highest BCUT2D eigenvalue weighted by atomic mass is 16.3. The molecule has 0 aromatic heterocycles. The van der Waals surface area contributed by atoms with Crippen LogP contribution in [-0.2, 0) is 9.59 Å². The second-order valence-electron chi connectivity index (χ2n) is 4.52. The monoisotopic (exact) mass is 212 g/mol. The average Bonchev–Trinajstić information content (AvgIpc) is 2.86.